The Morgan fingerprint density at radius 3 is 2.12 bits per heavy atom. The second-order valence-electron chi connectivity index (χ2n) is 5.10. The lowest BCUT2D eigenvalue weighted by Gasteiger charge is -2.09. The SMILES string of the molecule is CCC(=O)c1ccc(OCC(=O)NNC(=O)c2ccc(Cl)cc2)cc1. The highest BCUT2D eigenvalue weighted by Crippen LogP contribution is 2.13. The quantitative estimate of drug-likeness (QED) is 0.612. The first kappa shape index (κ1) is 18.5. The fourth-order valence-corrected chi connectivity index (χ4v) is 2.05. The molecule has 0 spiro atoms. The largest absolute Gasteiger partial charge is 0.484 e. The molecule has 2 rings (SSSR count). The van der Waals surface area contributed by atoms with Gasteiger partial charge in [-0.2, -0.15) is 0 Å². The minimum atomic E-state index is -0.518. The minimum absolute atomic E-state index is 0.0363. The second-order valence-corrected chi connectivity index (χ2v) is 5.54. The van der Waals surface area contributed by atoms with Crippen LogP contribution in [0.5, 0.6) is 5.75 Å². The molecule has 0 heterocycles. The molecule has 25 heavy (non-hydrogen) atoms. The number of amides is 2. The van der Waals surface area contributed by atoms with E-state index in [9.17, 15) is 14.4 Å². The van der Waals surface area contributed by atoms with Gasteiger partial charge in [0.2, 0.25) is 0 Å². The van der Waals surface area contributed by atoms with Crippen molar-refractivity contribution in [3.05, 3.63) is 64.7 Å². The molecule has 0 atom stereocenters. The molecule has 0 fully saturated rings. The average Bonchev–Trinajstić information content (AvgIpc) is 2.64. The Labute approximate surface area is 150 Å². The van der Waals surface area contributed by atoms with E-state index in [0.717, 1.165) is 0 Å². The zero-order chi connectivity index (χ0) is 18.2. The zero-order valence-corrected chi connectivity index (χ0v) is 14.3. The summed E-state index contributed by atoms with van der Waals surface area (Å²) in [7, 11) is 0. The highest BCUT2D eigenvalue weighted by atomic mass is 35.5. The van der Waals surface area contributed by atoms with Crippen LogP contribution in [0.2, 0.25) is 5.02 Å². The van der Waals surface area contributed by atoms with Gasteiger partial charge in [0.15, 0.2) is 12.4 Å². The van der Waals surface area contributed by atoms with E-state index in [2.05, 4.69) is 10.9 Å². The molecule has 0 aromatic heterocycles. The van der Waals surface area contributed by atoms with Crippen LogP contribution in [-0.4, -0.2) is 24.2 Å². The van der Waals surface area contributed by atoms with E-state index in [1.165, 1.54) is 0 Å². The molecule has 2 amide bonds. The second kappa shape index (κ2) is 8.84. The summed E-state index contributed by atoms with van der Waals surface area (Å²) in [4.78, 5) is 35.0. The lowest BCUT2D eigenvalue weighted by Crippen LogP contribution is -2.43. The third kappa shape index (κ3) is 5.61. The van der Waals surface area contributed by atoms with E-state index in [1.807, 2.05) is 0 Å². The van der Waals surface area contributed by atoms with Crippen molar-refractivity contribution in [3.8, 4) is 5.75 Å². The Hall–Kier alpha value is -2.86. The number of ether oxygens (including phenoxy) is 1. The van der Waals surface area contributed by atoms with Gasteiger partial charge >= 0.3 is 0 Å². The number of nitrogens with one attached hydrogen (secondary N) is 2. The summed E-state index contributed by atoms with van der Waals surface area (Å²) in [6.07, 6.45) is 0.427. The topological polar surface area (TPSA) is 84.5 Å². The Balaban J connectivity index is 1.77. The summed E-state index contributed by atoms with van der Waals surface area (Å²) in [5, 5.41) is 0.514. The highest BCUT2D eigenvalue weighted by Gasteiger charge is 2.08. The van der Waals surface area contributed by atoms with Gasteiger partial charge in [-0.3, -0.25) is 25.2 Å². The number of Topliss-reactive ketones (excluding diaryl/α,β-unsaturated/α-hetero) is 1. The molecule has 130 valence electrons. The van der Waals surface area contributed by atoms with E-state index in [-0.39, 0.29) is 12.4 Å². The molecule has 0 aliphatic heterocycles. The summed E-state index contributed by atoms with van der Waals surface area (Å²) in [6, 6.07) is 12.7. The van der Waals surface area contributed by atoms with Crippen LogP contribution < -0.4 is 15.6 Å². The molecule has 6 nitrogen and oxygen atoms in total. The first-order valence-corrected chi connectivity index (χ1v) is 7.98. The Kier molecular flexibility index (Phi) is 6.54. The van der Waals surface area contributed by atoms with E-state index >= 15 is 0 Å². The zero-order valence-electron chi connectivity index (χ0n) is 13.5. The van der Waals surface area contributed by atoms with Crippen molar-refractivity contribution in [2.45, 2.75) is 13.3 Å². The fraction of sp³-hybridized carbons (Fsp3) is 0.167. The van der Waals surface area contributed by atoms with Crippen molar-refractivity contribution in [2.24, 2.45) is 0 Å². The first-order valence-electron chi connectivity index (χ1n) is 7.60. The normalized spacial score (nSPS) is 10.0. The maximum absolute atomic E-state index is 11.8. The number of rotatable bonds is 6. The third-order valence-electron chi connectivity index (χ3n) is 3.29. The number of halogens is 1. The molecule has 0 aliphatic carbocycles. The summed E-state index contributed by atoms with van der Waals surface area (Å²) in [5.41, 5.74) is 5.49. The fourth-order valence-electron chi connectivity index (χ4n) is 1.93. The van der Waals surface area contributed by atoms with Gasteiger partial charge in [0.25, 0.3) is 11.8 Å². The minimum Gasteiger partial charge on any atom is -0.484 e. The maximum atomic E-state index is 11.8. The Morgan fingerprint density at radius 2 is 1.52 bits per heavy atom. The summed E-state index contributed by atoms with van der Waals surface area (Å²) >= 11 is 5.74. The van der Waals surface area contributed by atoms with Crippen molar-refractivity contribution in [1.29, 1.82) is 0 Å². The van der Waals surface area contributed by atoms with Gasteiger partial charge in [-0.1, -0.05) is 18.5 Å². The van der Waals surface area contributed by atoms with E-state index in [0.29, 0.717) is 28.3 Å². The van der Waals surface area contributed by atoms with Crippen LogP contribution in [0, 0.1) is 0 Å². The van der Waals surface area contributed by atoms with Crippen molar-refractivity contribution >= 4 is 29.2 Å². The molecular formula is C18H17ClN2O4. The summed E-state index contributed by atoms with van der Waals surface area (Å²) in [5.74, 6) is -0.496. The average molecular weight is 361 g/mol. The van der Waals surface area contributed by atoms with Crippen LogP contribution in [0.15, 0.2) is 48.5 Å². The molecule has 2 aromatic carbocycles. The lowest BCUT2D eigenvalue weighted by molar-refractivity contribution is -0.123. The molecule has 0 radical (unpaired) electrons. The molecular weight excluding hydrogens is 344 g/mol. The number of carbonyl (C=O) groups excluding carboxylic acids is 3. The predicted molar refractivity (Wildman–Crippen MR) is 93.6 cm³/mol. The lowest BCUT2D eigenvalue weighted by atomic mass is 10.1. The van der Waals surface area contributed by atoms with Gasteiger partial charge in [0.1, 0.15) is 5.75 Å². The van der Waals surface area contributed by atoms with Gasteiger partial charge in [0, 0.05) is 22.6 Å². The van der Waals surface area contributed by atoms with Gasteiger partial charge in [-0.15, -0.1) is 0 Å². The predicted octanol–water partition coefficient (Wildman–Crippen LogP) is 2.77. The van der Waals surface area contributed by atoms with Gasteiger partial charge in [0.05, 0.1) is 0 Å². The maximum Gasteiger partial charge on any atom is 0.276 e. The molecule has 0 saturated carbocycles. The number of hydrazine groups is 1. The van der Waals surface area contributed by atoms with E-state index in [4.69, 9.17) is 16.3 Å². The van der Waals surface area contributed by atoms with E-state index in [1.54, 1.807) is 55.5 Å². The number of ketones is 1. The van der Waals surface area contributed by atoms with Crippen LogP contribution in [0.1, 0.15) is 34.1 Å². The monoisotopic (exact) mass is 360 g/mol. The summed E-state index contributed by atoms with van der Waals surface area (Å²) < 4.78 is 5.30. The van der Waals surface area contributed by atoms with Crippen molar-refractivity contribution in [1.82, 2.24) is 10.9 Å². The first-order chi connectivity index (χ1) is 12.0. The van der Waals surface area contributed by atoms with Crippen LogP contribution in [0.4, 0.5) is 0 Å². The van der Waals surface area contributed by atoms with Crippen LogP contribution in [-0.2, 0) is 4.79 Å². The molecule has 7 heteroatoms. The van der Waals surface area contributed by atoms with Crippen LogP contribution >= 0.6 is 11.6 Å². The molecule has 0 unspecified atom stereocenters. The third-order valence-corrected chi connectivity index (χ3v) is 3.54. The smallest absolute Gasteiger partial charge is 0.276 e. The van der Waals surface area contributed by atoms with Crippen molar-refractivity contribution in [3.63, 3.8) is 0 Å². The van der Waals surface area contributed by atoms with Gasteiger partial charge in [-0.25, -0.2) is 0 Å². The van der Waals surface area contributed by atoms with Crippen molar-refractivity contribution in [2.75, 3.05) is 6.61 Å². The van der Waals surface area contributed by atoms with Crippen LogP contribution in [0.25, 0.3) is 0 Å². The molecule has 2 aromatic rings. The number of hydrogen-bond donors (Lipinski definition) is 2. The number of hydrogen-bond acceptors (Lipinski definition) is 4. The van der Waals surface area contributed by atoms with E-state index < -0.39 is 11.8 Å². The molecule has 0 saturated heterocycles. The highest BCUT2D eigenvalue weighted by molar-refractivity contribution is 6.30. The molecule has 0 aliphatic rings. The van der Waals surface area contributed by atoms with Gasteiger partial charge in [-0.05, 0) is 48.5 Å². The summed E-state index contributed by atoms with van der Waals surface area (Å²) in [6.45, 7) is 1.51. The van der Waals surface area contributed by atoms with Crippen molar-refractivity contribution < 1.29 is 19.1 Å². The Morgan fingerprint density at radius 1 is 0.920 bits per heavy atom. The standard InChI is InChI=1S/C18H17ClN2O4/c1-2-16(22)12-5-9-15(10-6-12)25-11-17(23)20-21-18(24)13-3-7-14(19)8-4-13/h3-10H,2,11H2,1H3,(H,20,23)(H,21,24). The van der Waals surface area contributed by atoms with Gasteiger partial charge < -0.3 is 4.74 Å². The number of benzene rings is 2. The van der Waals surface area contributed by atoms with Crippen LogP contribution in [0.3, 0.4) is 0 Å². The number of carbonyl (C=O) groups is 3. The Bertz CT molecular complexity index is 758. The molecule has 0 bridgehead atoms. The molecule has 2 N–H and O–H groups in total.